The quantitative estimate of drug-likeness (QED) is 0.664. The summed E-state index contributed by atoms with van der Waals surface area (Å²) in [5.41, 5.74) is 2.39. The summed E-state index contributed by atoms with van der Waals surface area (Å²) in [5.74, 6) is 0. The van der Waals surface area contributed by atoms with Crippen LogP contribution in [0.25, 0.3) is 9.81 Å². The summed E-state index contributed by atoms with van der Waals surface area (Å²) in [7, 11) is 0. The lowest BCUT2D eigenvalue weighted by molar-refractivity contribution is 1.65. The van der Waals surface area contributed by atoms with Gasteiger partial charge in [0, 0.05) is 9.81 Å². The molecule has 1 heterocycles. The zero-order chi connectivity index (χ0) is 13.1. The highest BCUT2D eigenvalue weighted by atomic mass is 35.5. The first-order valence-corrected chi connectivity index (χ1v) is 7.97. The van der Waals surface area contributed by atoms with Crippen LogP contribution in [-0.2, 0) is 0 Å². The monoisotopic (exact) mass is 302 g/mol. The number of halogens is 1. The molecule has 0 saturated carbocycles. The maximum Gasteiger partial charge on any atom is 0.0928 e. The molecule has 0 nitrogen and oxygen atoms in total. The highest BCUT2D eigenvalue weighted by molar-refractivity contribution is 8.20. The van der Waals surface area contributed by atoms with Crippen molar-refractivity contribution in [1.29, 1.82) is 0 Å². The number of hydrogen-bond acceptors (Lipinski definition) is 2. The van der Waals surface area contributed by atoms with E-state index < -0.39 is 0 Å². The first-order chi connectivity index (χ1) is 9.34. The summed E-state index contributed by atoms with van der Waals surface area (Å²) in [4.78, 5) is 2.34. The Morgan fingerprint density at radius 1 is 0.737 bits per heavy atom. The number of thioether (sulfide) groups is 2. The molecule has 3 heteroatoms. The third-order valence-electron chi connectivity index (χ3n) is 2.76. The Kier molecular flexibility index (Phi) is 4.02. The highest BCUT2D eigenvalue weighted by Crippen LogP contribution is 2.49. The minimum absolute atomic E-state index is 0.845. The maximum absolute atomic E-state index is 6.44. The highest BCUT2D eigenvalue weighted by Gasteiger charge is 2.16. The normalized spacial score (nSPS) is 15.3. The molecule has 0 aliphatic carbocycles. The van der Waals surface area contributed by atoms with Crippen LogP contribution in [0.2, 0.25) is 0 Å². The van der Waals surface area contributed by atoms with E-state index in [2.05, 4.69) is 29.7 Å². The fourth-order valence-electron chi connectivity index (χ4n) is 1.83. The van der Waals surface area contributed by atoms with E-state index in [4.69, 9.17) is 11.6 Å². The van der Waals surface area contributed by atoms with Crippen molar-refractivity contribution in [3.8, 4) is 0 Å². The summed E-state index contributed by atoms with van der Waals surface area (Å²) in [6.07, 6.45) is 0. The predicted molar refractivity (Wildman–Crippen MR) is 88.8 cm³/mol. The van der Waals surface area contributed by atoms with Gasteiger partial charge in [0.1, 0.15) is 0 Å². The van der Waals surface area contributed by atoms with Gasteiger partial charge in [-0.1, -0.05) is 95.8 Å². The first kappa shape index (κ1) is 12.9. The van der Waals surface area contributed by atoms with Gasteiger partial charge in [-0.15, -0.1) is 0 Å². The lowest BCUT2D eigenvalue weighted by Crippen LogP contribution is -1.87. The largest absolute Gasteiger partial charge is 0.0941 e. The van der Waals surface area contributed by atoms with E-state index in [1.54, 1.807) is 23.5 Å². The van der Waals surface area contributed by atoms with E-state index >= 15 is 0 Å². The molecular weight excluding hydrogens is 292 g/mol. The van der Waals surface area contributed by atoms with Crippen LogP contribution < -0.4 is 0 Å². The smallest absolute Gasteiger partial charge is 0.0928 e. The SMILES string of the molecule is ClC1=C(c2ccccc2)SC=C(c2ccccc2)S1. The Labute approximate surface area is 126 Å². The van der Waals surface area contributed by atoms with E-state index in [0.717, 1.165) is 9.27 Å². The average molecular weight is 303 g/mol. The van der Waals surface area contributed by atoms with Gasteiger partial charge < -0.3 is 0 Å². The van der Waals surface area contributed by atoms with Crippen molar-refractivity contribution in [1.82, 2.24) is 0 Å². The van der Waals surface area contributed by atoms with Gasteiger partial charge in [-0.05, 0) is 16.5 Å². The van der Waals surface area contributed by atoms with Gasteiger partial charge in [0.25, 0.3) is 0 Å². The van der Waals surface area contributed by atoms with Crippen LogP contribution in [0.1, 0.15) is 11.1 Å². The molecule has 0 saturated heterocycles. The van der Waals surface area contributed by atoms with Gasteiger partial charge in [-0.2, -0.15) is 0 Å². The van der Waals surface area contributed by atoms with Crippen LogP contribution in [0.3, 0.4) is 0 Å². The van der Waals surface area contributed by atoms with Gasteiger partial charge in [-0.3, -0.25) is 0 Å². The summed E-state index contributed by atoms with van der Waals surface area (Å²) in [6, 6.07) is 20.6. The van der Waals surface area contributed by atoms with Gasteiger partial charge in [0.2, 0.25) is 0 Å². The molecule has 0 aromatic heterocycles. The molecule has 1 aliphatic rings. The molecule has 2 aromatic rings. The second-order valence-electron chi connectivity index (χ2n) is 4.04. The molecule has 0 atom stereocenters. The van der Waals surface area contributed by atoms with Crippen LogP contribution in [0.15, 0.2) is 70.4 Å². The molecular formula is C16H11ClS2. The Morgan fingerprint density at radius 2 is 1.32 bits per heavy atom. The second kappa shape index (κ2) is 5.91. The van der Waals surface area contributed by atoms with Crippen molar-refractivity contribution >= 4 is 44.9 Å². The summed E-state index contributed by atoms with van der Waals surface area (Å²) in [6.45, 7) is 0. The number of rotatable bonds is 2. The zero-order valence-electron chi connectivity index (χ0n) is 10.0. The topological polar surface area (TPSA) is 0 Å². The maximum atomic E-state index is 6.44. The average Bonchev–Trinajstić information content (AvgIpc) is 2.49. The second-order valence-corrected chi connectivity index (χ2v) is 6.57. The van der Waals surface area contributed by atoms with Gasteiger partial charge in [0.05, 0.1) is 4.36 Å². The standard InChI is InChI=1S/C16H11ClS2/c17-16-15(13-9-5-2-6-10-13)18-11-14(19-16)12-7-3-1-4-8-12/h1-11H. The number of hydrogen-bond donors (Lipinski definition) is 0. The van der Waals surface area contributed by atoms with Gasteiger partial charge >= 0.3 is 0 Å². The molecule has 2 aromatic carbocycles. The van der Waals surface area contributed by atoms with Crippen LogP contribution in [0, 0.1) is 0 Å². The Hall–Kier alpha value is -1.09. The molecule has 0 N–H and O–H groups in total. The van der Waals surface area contributed by atoms with Gasteiger partial charge in [0.15, 0.2) is 0 Å². The zero-order valence-corrected chi connectivity index (χ0v) is 12.4. The van der Waals surface area contributed by atoms with Crippen LogP contribution in [-0.4, -0.2) is 0 Å². The third kappa shape index (κ3) is 2.92. The molecule has 0 fully saturated rings. The van der Waals surface area contributed by atoms with Crippen molar-refractivity contribution in [2.45, 2.75) is 0 Å². The van der Waals surface area contributed by atoms with Crippen molar-refractivity contribution in [3.05, 3.63) is 81.6 Å². The van der Waals surface area contributed by atoms with E-state index in [1.165, 1.54) is 16.0 Å². The molecule has 19 heavy (non-hydrogen) atoms. The summed E-state index contributed by atoms with van der Waals surface area (Å²) < 4.78 is 0.845. The summed E-state index contributed by atoms with van der Waals surface area (Å²) in [5, 5.41) is 2.17. The van der Waals surface area contributed by atoms with Crippen molar-refractivity contribution in [3.63, 3.8) is 0 Å². The minimum atomic E-state index is 0.845. The molecule has 0 unspecified atom stereocenters. The lowest BCUT2D eigenvalue weighted by Gasteiger charge is -2.16. The minimum Gasteiger partial charge on any atom is -0.0941 e. The molecule has 0 spiro atoms. The molecule has 0 bridgehead atoms. The van der Waals surface area contributed by atoms with Gasteiger partial charge in [-0.25, -0.2) is 0 Å². The summed E-state index contributed by atoms with van der Waals surface area (Å²) >= 11 is 9.76. The molecule has 0 radical (unpaired) electrons. The van der Waals surface area contributed by atoms with E-state index in [0.29, 0.717) is 0 Å². The van der Waals surface area contributed by atoms with E-state index in [-0.39, 0.29) is 0 Å². The Balaban J connectivity index is 1.87. The van der Waals surface area contributed by atoms with Crippen LogP contribution in [0.5, 0.6) is 0 Å². The fourth-order valence-corrected chi connectivity index (χ4v) is 4.31. The first-order valence-electron chi connectivity index (χ1n) is 5.90. The van der Waals surface area contributed by atoms with Crippen molar-refractivity contribution in [2.24, 2.45) is 0 Å². The van der Waals surface area contributed by atoms with Crippen molar-refractivity contribution in [2.75, 3.05) is 0 Å². The van der Waals surface area contributed by atoms with Crippen LogP contribution in [0.4, 0.5) is 0 Å². The molecule has 94 valence electrons. The predicted octanol–water partition coefficient (Wildman–Crippen LogP) is 6.03. The Bertz CT molecular complexity index is 630. The van der Waals surface area contributed by atoms with E-state index in [1.807, 2.05) is 36.4 Å². The third-order valence-corrected chi connectivity index (χ3v) is 5.55. The fraction of sp³-hybridized carbons (Fsp3) is 0. The van der Waals surface area contributed by atoms with Crippen molar-refractivity contribution < 1.29 is 0 Å². The number of benzene rings is 2. The van der Waals surface area contributed by atoms with E-state index in [9.17, 15) is 0 Å². The molecule has 3 rings (SSSR count). The Morgan fingerprint density at radius 3 is 1.89 bits per heavy atom. The molecule has 1 aliphatic heterocycles. The van der Waals surface area contributed by atoms with Crippen LogP contribution >= 0.6 is 35.1 Å². The molecule has 0 amide bonds. The lowest BCUT2D eigenvalue weighted by atomic mass is 10.2.